The van der Waals surface area contributed by atoms with E-state index in [4.69, 9.17) is 0 Å². The van der Waals surface area contributed by atoms with Crippen molar-refractivity contribution in [2.45, 2.75) is 25.1 Å². The minimum atomic E-state index is -0.852. The van der Waals surface area contributed by atoms with Crippen LogP contribution >= 0.6 is 15.9 Å². The second kappa shape index (κ2) is 6.00. The lowest BCUT2D eigenvalue weighted by molar-refractivity contribution is 0.498. The molecule has 0 saturated heterocycles. The highest BCUT2D eigenvalue weighted by atomic mass is 79.9. The van der Waals surface area contributed by atoms with Gasteiger partial charge in [-0.25, -0.2) is 13.2 Å². The lowest BCUT2D eigenvalue weighted by Crippen LogP contribution is -2.04. The number of rotatable bonds is 3. The Morgan fingerprint density at radius 3 is 2.25 bits per heavy atom. The van der Waals surface area contributed by atoms with Gasteiger partial charge < -0.3 is 0 Å². The fraction of sp³-hybridized carbons (Fsp3) is 0.250. The average Bonchev–Trinajstić information content (AvgIpc) is 2.33. The minimum Gasteiger partial charge on any atom is -0.207 e. The third-order valence-corrected chi connectivity index (χ3v) is 4.08. The first kappa shape index (κ1) is 15.1. The molecule has 0 aliphatic carbocycles. The van der Waals surface area contributed by atoms with Crippen molar-refractivity contribution in [3.63, 3.8) is 0 Å². The first-order valence-electron chi connectivity index (χ1n) is 6.23. The Bertz CT molecular complexity index is 615. The van der Waals surface area contributed by atoms with Crippen LogP contribution in [0.4, 0.5) is 13.2 Å². The summed E-state index contributed by atoms with van der Waals surface area (Å²) in [5, 5.41) is 0. The highest BCUT2D eigenvalue weighted by molar-refractivity contribution is 9.09. The van der Waals surface area contributed by atoms with Gasteiger partial charge in [-0.3, -0.25) is 0 Å². The number of benzene rings is 2. The van der Waals surface area contributed by atoms with E-state index in [1.807, 2.05) is 13.8 Å². The van der Waals surface area contributed by atoms with Crippen molar-refractivity contribution in [2.24, 2.45) is 0 Å². The Kier molecular flexibility index (Phi) is 4.53. The molecule has 2 aromatic carbocycles. The maximum absolute atomic E-state index is 13.7. The average molecular weight is 343 g/mol. The van der Waals surface area contributed by atoms with E-state index in [9.17, 15) is 13.2 Å². The van der Waals surface area contributed by atoms with Crippen molar-refractivity contribution >= 4 is 15.9 Å². The highest BCUT2D eigenvalue weighted by Gasteiger charge is 2.17. The van der Waals surface area contributed by atoms with Crippen LogP contribution in [0.2, 0.25) is 0 Å². The molecule has 0 aliphatic heterocycles. The quantitative estimate of drug-likeness (QED) is 0.655. The summed E-state index contributed by atoms with van der Waals surface area (Å²) in [7, 11) is 0. The van der Waals surface area contributed by atoms with Crippen LogP contribution in [0.3, 0.4) is 0 Å². The van der Waals surface area contributed by atoms with Crippen LogP contribution in [0, 0.1) is 31.3 Å². The molecular formula is C16H14BrF3. The van der Waals surface area contributed by atoms with Crippen molar-refractivity contribution in [2.75, 3.05) is 0 Å². The van der Waals surface area contributed by atoms with Crippen LogP contribution in [0.15, 0.2) is 30.3 Å². The van der Waals surface area contributed by atoms with Gasteiger partial charge in [0.1, 0.15) is 5.82 Å². The zero-order valence-corrected chi connectivity index (χ0v) is 12.8. The van der Waals surface area contributed by atoms with E-state index in [0.29, 0.717) is 12.0 Å². The Labute approximate surface area is 124 Å². The van der Waals surface area contributed by atoms with Gasteiger partial charge in [-0.1, -0.05) is 28.1 Å². The number of hydrogen-bond donors (Lipinski definition) is 0. The second-order valence-corrected chi connectivity index (χ2v) is 5.94. The van der Waals surface area contributed by atoms with Crippen LogP contribution in [0.1, 0.15) is 27.1 Å². The highest BCUT2D eigenvalue weighted by Crippen LogP contribution is 2.33. The molecule has 1 unspecified atom stereocenters. The molecule has 0 N–H and O–H groups in total. The molecule has 0 radical (unpaired) electrons. The number of aryl methyl sites for hydroxylation is 2. The molecule has 4 heteroatoms. The van der Waals surface area contributed by atoms with E-state index in [1.165, 1.54) is 18.2 Å². The summed E-state index contributed by atoms with van der Waals surface area (Å²) in [6.45, 7) is 3.61. The Balaban J connectivity index is 2.33. The van der Waals surface area contributed by atoms with E-state index >= 15 is 0 Å². The first-order chi connectivity index (χ1) is 9.40. The summed E-state index contributed by atoms with van der Waals surface area (Å²) in [6, 6.07) is 7.02. The van der Waals surface area contributed by atoms with Gasteiger partial charge in [0.05, 0.1) is 0 Å². The summed E-state index contributed by atoms with van der Waals surface area (Å²) in [5.74, 6) is -1.97. The molecular weight excluding hydrogens is 329 g/mol. The van der Waals surface area contributed by atoms with Gasteiger partial charge in [-0.15, -0.1) is 0 Å². The molecule has 1 atom stereocenters. The summed E-state index contributed by atoms with van der Waals surface area (Å²) in [4.78, 5) is -0.195. The SMILES string of the molecule is Cc1cc(F)cc(C)c1C(Br)Cc1cccc(F)c1F. The summed E-state index contributed by atoms with van der Waals surface area (Å²) < 4.78 is 40.2. The summed E-state index contributed by atoms with van der Waals surface area (Å²) in [6.07, 6.45) is 0.302. The Hall–Kier alpha value is -1.29. The second-order valence-electron chi connectivity index (χ2n) is 4.84. The van der Waals surface area contributed by atoms with Gasteiger partial charge in [0, 0.05) is 4.83 Å². The minimum absolute atomic E-state index is 0.195. The zero-order chi connectivity index (χ0) is 14.9. The third-order valence-electron chi connectivity index (χ3n) is 3.30. The zero-order valence-electron chi connectivity index (χ0n) is 11.2. The maximum Gasteiger partial charge on any atom is 0.162 e. The van der Waals surface area contributed by atoms with Crippen LogP contribution in [0.25, 0.3) is 0 Å². The molecule has 0 heterocycles. The summed E-state index contributed by atoms with van der Waals surface area (Å²) >= 11 is 3.50. The standard InChI is InChI=1S/C16H14BrF3/c1-9-6-12(18)7-10(2)15(9)13(17)8-11-4-3-5-14(19)16(11)20/h3-7,13H,8H2,1-2H3. The van der Waals surface area contributed by atoms with E-state index in [1.54, 1.807) is 6.07 Å². The molecule has 0 spiro atoms. The number of alkyl halides is 1. The van der Waals surface area contributed by atoms with Crippen LogP contribution < -0.4 is 0 Å². The molecule has 0 saturated carbocycles. The van der Waals surface area contributed by atoms with Gasteiger partial charge in [0.25, 0.3) is 0 Å². The largest absolute Gasteiger partial charge is 0.207 e. The molecule has 0 amide bonds. The van der Waals surface area contributed by atoms with Crippen molar-refractivity contribution in [3.8, 4) is 0 Å². The predicted octanol–water partition coefficient (Wildman–Crippen LogP) is 5.40. The maximum atomic E-state index is 13.7. The molecule has 0 aliphatic rings. The predicted molar refractivity (Wildman–Crippen MR) is 77.6 cm³/mol. The lowest BCUT2D eigenvalue weighted by Gasteiger charge is -2.17. The van der Waals surface area contributed by atoms with Crippen LogP contribution in [-0.2, 0) is 6.42 Å². The molecule has 0 aromatic heterocycles. The fourth-order valence-corrected chi connectivity index (χ4v) is 3.49. The third kappa shape index (κ3) is 3.06. The normalized spacial score (nSPS) is 12.5. The summed E-state index contributed by atoms with van der Waals surface area (Å²) in [5.41, 5.74) is 2.80. The topological polar surface area (TPSA) is 0 Å². The van der Waals surface area contributed by atoms with Gasteiger partial charge >= 0.3 is 0 Å². The Morgan fingerprint density at radius 2 is 1.65 bits per heavy atom. The molecule has 2 aromatic rings. The van der Waals surface area contributed by atoms with Gasteiger partial charge in [-0.2, -0.15) is 0 Å². The van der Waals surface area contributed by atoms with E-state index < -0.39 is 11.6 Å². The smallest absolute Gasteiger partial charge is 0.162 e. The van der Waals surface area contributed by atoms with Crippen molar-refractivity contribution in [1.29, 1.82) is 0 Å². The molecule has 20 heavy (non-hydrogen) atoms. The molecule has 0 fully saturated rings. The van der Waals surface area contributed by atoms with E-state index in [2.05, 4.69) is 15.9 Å². The Morgan fingerprint density at radius 1 is 1.05 bits per heavy atom. The molecule has 0 nitrogen and oxygen atoms in total. The van der Waals surface area contributed by atoms with E-state index in [0.717, 1.165) is 22.8 Å². The van der Waals surface area contributed by atoms with Gasteiger partial charge in [0.15, 0.2) is 11.6 Å². The van der Waals surface area contributed by atoms with Gasteiger partial charge in [-0.05, 0) is 60.7 Å². The van der Waals surface area contributed by atoms with Crippen molar-refractivity contribution in [1.82, 2.24) is 0 Å². The van der Waals surface area contributed by atoms with Crippen LogP contribution in [-0.4, -0.2) is 0 Å². The fourth-order valence-electron chi connectivity index (χ4n) is 2.42. The van der Waals surface area contributed by atoms with Crippen molar-refractivity contribution < 1.29 is 13.2 Å². The molecule has 0 bridgehead atoms. The number of halogens is 4. The first-order valence-corrected chi connectivity index (χ1v) is 7.15. The van der Waals surface area contributed by atoms with Gasteiger partial charge in [0.2, 0.25) is 0 Å². The monoisotopic (exact) mass is 342 g/mol. The van der Waals surface area contributed by atoms with Crippen molar-refractivity contribution in [3.05, 3.63) is 70.0 Å². The molecule has 106 valence electrons. The van der Waals surface area contributed by atoms with Crippen LogP contribution in [0.5, 0.6) is 0 Å². The lowest BCUT2D eigenvalue weighted by atomic mass is 9.96. The number of hydrogen-bond acceptors (Lipinski definition) is 0. The van der Waals surface area contributed by atoms with E-state index in [-0.39, 0.29) is 10.6 Å². The molecule has 2 rings (SSSR count).